The SMILES string of the molecule is CO[C@]1(C)OC[C@@H]([C@@H](O)/C=C(\C)CCC(C)C)O[C@@]1(C)OC. The molecule has 0 radical (unpaired) electrons. The highest BCUT2D eigenvalue weighted by Gasteiger charge is 2.54. The minimum absolute atomic E-state index is 0.248. The third kappa shape index (κ3) is 4.52. The highest BCUT2D eigenvalue weighted by Crippen LogP contribution is 2.37. The van der Waals surface area contributed by atoms with Crippen LogP contribution in [0.5, 0.6) is 0 Å². The van der Waals surface area contributed by atoms with Gasteiger partial charge in [0.2, 0.25) is 11.6 Å². The lowest BCUT2D eigenvalue weighted by Crippen LogP contribution is -2.63. The average Bonchev–Trinajstić information content (AvgIpc) is 2.47. The molecule has 4 atom stereocenters. The Hall–Kier alpha value is -0.460. The summed E-state index contributed by atoms with van der Waals surface area (Å²) in [6.45, 7) is 10.2. The molecule has 1 fully saturated rings. The van der Waals surface area contributed by atoms with Crippen molar-refractivity contribution in [2.75, 3.05) is 20.8 Å². The summed E-state index contributed by atoms with van der Waals surface area (Å²) >= 11 is 0. The van der Waals surface area contributed by atoms with Crippen LogP contribution in [0, 0.1) is 5.92 Å². The van der Waals surface area contributed by atoms with Crippen LogP contribution in [0.25, 0.3) is 0 Å². The maximum Gasteiger partial charge on any atom is 0.220 e. The van der Waals surface area contributed by atoms with E-state index in [4.69, 9.17) is 18.9 Å². The summed E-state index contributed by atoms with van der Waals surface area (Å²) in [5, 5.41) is 10.4. The van der Waals surface area contributed by atoms with Gasteiger partial charge in [0, 0.05) is 14.2 Å². The monoisotopic (exact) mass is 316 g/mol. The Labute approximate surface area is 134 Å². The summed E-state index contributed by atoms with van der Waals surface area (Å²) in [4.78, 5) is 0. The van der Waals surface area contributed by atoms with Gasteiger partial charge in [-0.05, 0) is 39.5 Å². The van der Waals surface area contributed by atoms with Crippen molar-refractivity contribution < 1.29 is 24.1 Å². The van der Waals surface area contributed by atoms with E-state index in [1.54, 1.807) is 28.1 Å². The van der Waals surface area contributed by atoms with Gasteiger partial charge in [-0.25, -0.2) is 0 Å². The Kier molecular flexibility index (Phi) is 7.02. The van der Waals surface area contributed by atoms with Gasteiger partial charge in [0.25, 0.3) is 0 Å². The number of rotatable bonds is 7. The Balaban J connectivity index is 2.72. The third-order valence-electron chi connectivity index (χ3n) is 4.46. The van der Waals surface area contributed by atoms with Crippen molar-refractivity contribution in [3.05, 3.63) is 11.6 Å². The maximum atomic E-state index is 10.4. The zero-order valence-corrected chi connectivity index (χ0v) is 15.0. The van der Waals surface area contributed by atoms with Crippen LogP contribution in [-0.2, 0) is 18.9 Å². The Morgan fingerprint density at radius 3 is 2.36 bits per heavy atom. The summed E-state index contributed by atoms with van der Waals surface area (Å²) in [5.41, 5.74) is 1.16. The van der Waals surface area contributed by atoms with Crippen molar-refractivity contribution in [2.45, 2.75) is 71.2 Å². The molecule has 1 saturated heterocycles. The first-order chi connectivity index (χ1) is 10.2. The topological polar surface area (TPSA) is 57.2 Å². The first-order valence-corrected chi connectivity index (χ1v) is 7.95. The first-order valence-electron chi connectivity index (χ1n) is 7.95. The van der Waals surface area contributed by atoms with Gasteiger partial charge in [-0.3, -0.25) is 0 Å². The molecule has 1 aliphatic heterocycles. The van der Waals surface area contributed by atoms with E-state index in [1.165, 1.54) is 0 Å². The number of allylic oxidation sites excluding steroid dienone is 1. The van der Waals surface area contributed by atoms with E-state index in [2.05, 4.69) is 13.8 Å². The number of ether oxygens (including phenoxy) is 4. The fourth-order valence-corrected chi connectivity index (χ4v) is 2.45. The molecule has 5 heteroatoms. The van der Waals surface area contributed by atoms with Gasteiger partial charge >= 0.3 is 0 Å². The first kappa shape index (κ1) is 19.6. The van der Waals surface area contributed by atoms with Crippen molar-refractivity contribution in [3.8, 4) is 0 Å². The zero-order valence-electron chi connectivity index (χ0n) is 15.0. The number of aliphatic hydroxyl groups is 1. The molecule has 5 nitrogen and oxygen atoms in total. The Morgan fingerprint density at radius 1 is 1.27 bits per heavy atom. The molecule has 0 aliphatic carbocycles. The van der Waals surface area contributed by atoms with Gasteiger partial charge in [0.1, 0.15) is 12.2 Å². The molecule has 1 rings (SSSR count). The lowest BCUT2D eigenvalue weighted by atomic mass is 10.0. The van der Waals surface area contributed by atoms with Crippen LogP contribution in [0.1, 0.15) is 47.5 Å². The summed E-state index contributed by atoms with van der Waals surface area (Å²) in [5.74, 6) is -1.44. The molecular weight excluding hydrogens is 284 g/mol. The standard InChI is InChI=1S/C17H32O5/c1-12(2)8-9-13(3)10-14(18)15-11-21-16(4,19-6)17(5,20-7)22-15/h10,12,14-15,18H,8-9,11H2,1-7H3/b13-10+/t14-,15-,16+,17+/m0/s1. The van der Waals surface area contributed by atoms with E-state index in [-0.39, 0.29) is 6.61 Å². The van der Waals surface area contributed by atoms with Gasteiger partial charge < -0.3 is 24.1 Å². The van der Waals surface area contributed by atoms with Crippen LogP contribution in [-0.4, -0.2) is 49.7 Å². The molecule has 0 aromatic carbocycles. The van der Waals surface area contributed by atoms with Gasteiger partial charge in [-0.1, -0.05) is 25.5 Å². The molecule has 1 N–H and O–H groups in total. The zero-order chi connectivity index (χ0) is 17.0. The minimum atomic E-state index is -1.08. The van der Waals surface area contributed by atoms with E-state index in [0.717, 1.165) is 18.4 Å². The second-order valence-corrected chi connectivity index (χ2v) is 6.70. The third-order valence-corrected chi connectivity index (χ3v) is 4.46. The van der Waals surface area contributed by atoms with Gasteiger partial charge in [-0.15, -0.1) is 0 Å². The predicted octanol–water partition coefficient (Wildman–Crippen LogP) is 2.87. The number of methoxy groups -OCH3 is 2. The summed E-state index contributed by atoms with van der Waals surface area (Å²) in [7, 11) is 3.09. The lowest BCUT2D eigenvalue weighted by Gasteiger charge is -2.49. The van der Waals surface area contributed by atoms with Crippen molar-refractivity contribution >= 4 is 0 Å². The van der Waals surface area contributed by atoms with Crippen LogP contribution in [0.2, 0.25) is 0 Å². The molecule has 22 heavy (non-hydrogen) atoms. The predicted molar refractivity (Wildman–Crippen MR) is 85.5 cm³/mol. The number of aliphatic hydroxyl groups excluding tert-OH is 1. The molecule has 0 spiro atoms. The molecule has 0 aromatic heterocycles. The van der Waals surface area contributed by atoms with Crippen molar-refractivity contribution in [3.63, 3.8) is 0 Å². The Bertz CT molecular complexity index is 381. The minimum Gasteiger partial charge on any atom is -0.386 e. The maximum absolute atomic E-state index is 10.4. The highest BCUT2D eigenvalue weighted by molar-refractivity contribution is 5.05. The number of hydrogen-bond acceptors (Lipinski definition) is 5. The van der Waals surface area contributed by atoms with Gasteiger partial charge in [-0.2, -0.15) is 0 Å². The fraction of sp³-hybridized carbons (Fsp3) is 0.882. The molecular formula is C17H32O5. The molecule has 0 aromatic rings. The molecule has 1 heterocycles. The van der Waals surface area contributed by atoms with Crippen LogP contribution in [0.3, 0.4) is 0 Å². The van der Waals surface area contributed by atoms with Crippen LogP contribution in [0.15, 0.2) is 11.6 Å². The van der Waals surface area contributed by atoms with Crippen molar-refractivity contribution in [1.82, 2.24) is 0 Å². The smallest absolute Gasteiger partial charge is 0.220 e. The lowest BCUT2D eigenvalue weighted by molar-refractivity contribution is -0.435. The number of hydrogen-bond donors (Lipinski definition) is 1. The molecule has 1 aliphatic rings. The summed E-state index contributed by atoms with van der Waals surface area (Å²) in [6, 6.07) is 0. The van der Waals surface area contributed by atoms with Crippen LogP contribution >= 0.6 is 0 Å². The largest absolute Gasteiger partial charge is 0.386 e. The second kappa shape index (κ2) is 7.88. The molecule has 130 valence electrons. The summed E-state index contributed by atoms with van der Waals surface area (Å²) < 4.78 is 22.6. The normalized spacial score (nSPS) is 35.0. The highest BCUT2D eigenvalue weighted by atomic mass is 16.8. The molecule has 0 unspecified atom stereocenters. The van der Waals surface area contributed by atoms with Crippen LogP contribution < -0.4 is 0 Å². The fourth-order valence-electron chi connectivity index (χ4n) is 2.45. The Morgan fingerprint density at radius 2 is 1.86 bits per heavy atom. The van der Waals surface area contributed by atoms with E-state index in [9.17, 15) is 5.11 Å². The van der Waals surface area contributed by atoms with Crippen LogP contribution in [0.4, 0.5) is 0 Å². The second-order valence-electron chi connectivity index (χ2n) is 6.70. The van der Waals surface area contributed by atoms with Crippen molar-refractivity contribution in [2.24, 2.45) is 5.92 Å². The quantitative estimate of drug-likeness (QED) is 0.732. The molecule has 0 amide bonds. The van der Waals surface area contributed by atoms with E-state index in [0.29, 0.717) is 5.92 Å². The summed E-state index contributed by atoms with van der Waals surface area (Å²) in [6.07, 6.45) is 2.71. The van der Waals surface area contributed by atoms with E-state index in [1.807, 2.05) is 13.0 Å². The average molecular weight is 316 g/mol. The van der Waals surface area contributed by atoms with E-state index >= 15 is 0 Å². The molecule has 0 saturated carbocycles. The van der Waals surface area contributed by atoms with E-state index < -0.39 is 23.8 Å². The van der Waals surface area contributed by atoms with Gasteiger partial charge in [0.15, 0.2) is 0 Å². The molecule has 0 bridgehead atoms. The van der Waals surface area contributed by atoms with Crippen molar-refractivity contribution in [1.29, 1.82) is 0 Å². The van der Waals surface area contributed by atoms with Gasteiger partial charge in [0.05, 0.1) is 6.61 Å².